The van der Waals surface area contributed by atoms with Crippen molar-refractivity contribution in [2.24, 2.45) is 0 Å². The minimum absolute atomic E-state index is 0.0893. The predicted octanol–water partition coefficient (Wildman–Crippen LogP) is 2.36. The summed E-state index contributed by atoms with van der Waals surface area (Å²) in [4.78, 5) is 25.4. The Hall–Kier alpha value is -1.26. The number of nitrogens with one attached hydrogen (secondary N) is 1. The molecule has 2 rings (SSSR count). The number of carbonyl (C=O) groups excluding carboxylic acids is 1. The quantitative estimate of drug-likeness (QED) is 0.825. The molecule has 0 spiro atoms. The number of carboxylic acid groups (broad SMARTS) is 1. The Balaban J connectivity index is 2.10. The number of piperidine rings is 1. The third-order valence-corrected chi connectivity index (χ3v) is 4.96. The summed E-state index contributed by atoms with van der Waals surface area (Å²) >= 11 is 0. The van der Waals surface area contributed by atoms with Crippen LogP contribution in [0.5, 0.6) is 0 Å². The molecule has 5 nitrogen and oxygen atoms in total. The van der Waals surface area contributed by atoms with Gasteiger partial charge < -0.3 is 15.3 Å². The van der Waals surface area contributed by atoms with E-state index in [1.165, 1.54) is 4.90 Å². The molecule has 1 saturated carbocycles. The van der Waals surface area contributed by atoms with Gasteiger partial charge in [0.25, 0.3) is 0 Å². The lowest BCUT2D eigenvalue weighted by Crippen LogP contribution is -2.64. The Bertz CT molecular complexity index is 373. The lowest BCUT2D eigenvalue weighted by atomic mass is 9.75. The molecule has 1 aliphatic heterocycles. The fourth-order valence-corrected chi connectivity index (χ4v) is 3.13. The van der Waals surface area contributed by atoms with Gasteiger partial charge in [-0.25, -0.2) is 9.59 Å². The van der Waals surface area contributed by atoms with E-state index in [1.807, 2.05) is 0 Å². The third kappa shape index (κ3) is 2.42. The van der Waals surface area contributed by atoms with Crippen LogP contribution in [-0.4, -0.2) is 39.6 Å². The molecule has 2 aliphatic rings. The Morgan fingerprint density at radius 2 is 1.89 bits per heavy atom. The average Bonchev–Trinajstić information content (AvgIpc) is 2.34. The van der Waals surface area contributed by atoms with E-state index in [2.05, 4.69) is 12.2 Å². The van der Waals surface area contributed by atoms with Gasteiger partial charge in [-0.1, -0.05) is 6.92 Å². The standard InChI is InChI=1S/C14H24N2O3/c1-3-14(8-6-9-14)15-12(19)16-10-5-4-7-13(16,2)11(17)18/h3-10H2,1-2H3,(H,15,19)(H,17,18). The molecule has 0 aromatic rings. The van der Waals surface area contributed by atoms with Crippen molar-refractivity contribution in [2.45, 2.75) is 69.9 Å². The number of urea groups is 1. The number of carboxylic acids is 1. The lowest BCUT2D eigenvalue weighted by Gasteiger charge is -2.47. The first-order valence-corrected chi connectivity index (χ1v) is 7.27. The molecule has 1 heterocycles. The van der Waals surface area contributed by atoms with Crippen molar-refractivity contribution in [3.63, 3.8) is 0 Å². The average molecular weight is 268 g/mol. The predicted molar refractivity (Wildman–Crippen MR) is 72.0 cm³/mol. The SMILES string of the molecule is CCC1(NC(=O)N2CCCCC2(C)C(=O)O)CCC1. The molecule has 1 atom stereocenters. The Morgan fingerprint density at radius 3 is 2.37 bits per heavy atom. The zero-order valence-corrected chi connectivity index (χ0v) is 11.9. The van der Waals surface area contributed by atoms with Crippen LogP contribution in [0.25, 0.3) is 0 Å². The van der Waals surface area contributed by atoms with Gasteiger partial charge in [0.05, 0.1) is 0 Å². The molecule has 2 amide bonds. The number of aliphatic carboxylic acids is 1. The van der Waals surface area contributed by atoms with E-state index in [4.69, 9.17) is 0 Å². The van der Waals surface area contributed by atoms with E-state index in [-0.39, 0.29) is 11.6 Å². The molecule has 0 radical (unpaired) electrons. The number of likely N-dealkylation sites (tertiary alicyclic amines) is 1. The molecule has 1 unspecified atom stereocenters. The largest absolute Gasteiger partial charge is 0.480 e. The van der Waals surface area contributed by atoms with Gasteiger partial charge in [0.1, 0.15) is 5.54 Å². The van der Waals surface area contributed by atoms with E-state index in [0.717, 1.165) is 38.5 Å². The Kier molecular flexibility index (Phi) is 3.74. The summed E-state index contributed by atoms with van der Waals surface area (Å²) in [6.07, 6.45) is 6.36. The zero-order chi connectivity index (χ0) is 14.1. The molecule has 19 heavy (non-hydrogen) atoms. The van der Waals surface area contributed by atoms with E-state index < -0.39 is 11.5 Å². The fourth-order valence-electron chi connectivity index (χ4n) is 3.13. The van der Waals surface area contributed by atoms with Gasteiger partial charge in [0.2, 0.25) is 0 Å². The highest BCUT2D eigenvalue weighted by molar-refractivity contribution is 5.86. The molecular formula is C14H24N2O3. The van der Waals surface area contributed by atoms with Gasteiger partial charge in [-0.15, -0.1) is 0 Å². The van der Waals surface area contributed by atoms with Crippen molar-refractivity contribution in [1.82, 2.24) is 10.2 Å². The number of rotatable bonds is 3. The molecule has 5 heteroatoms. The topological polar surface area (TPSA) is 69.6 Å². The van der Waals surface area contributed by atoms with Crippen LogP contribution in [0.4, 0.5) is 4.79 Å². The van der Waals surface area contributed by atoms with Gasteiger partial charge in [-0.05, 0) is 51.9 Å². The normalized spacial score (nSPS) is 29.5. The van der Waals surface area contributed by atoms with Crippen LogP contribution in [0.3, 0.4) is 0 Å². The highest BCUT2D eigenvalue weighted by Gasteiger charge is 2.46. The summed E-state index contributed by atoms with van der Waals surface area (Å²) in [6.45, 7) is 4.27. The minimum Gasteiger partial charge on any atom is -0.480 e. The summed E-state index contributed by atoms with van der Waals surface area (Å²) in [6, 6.07) is -0.203. The molecule has 0 aromatic heterocycles. The summed E-state index contributed by atoms with van der Waals surface area (Å²) in [7, 11) is 0. The number of hydrogen-bond donors (Lipinski definition) is 2. The van der Waals surface area contributed by atoms with E-state index in [9.17, 15) is 14.7 Å². The van der Waals surface area contributed by atoms with Crippen molar-refractivity contribution >= 4 is 12.0 Å². The van der Waals surface area contributed by atoms with Gasteiger partial charge >= 0.3 is 12.0 Å². The van der Waals surface area contributed by atoms with E-state index in [0.29, 0.717) is 13.0 Å². The van der Waals surface area contributed by atoms with Crippen molar-refractivity contribution in [3.05, 3.63) is 0 Å². The summed E-state index contributed by atoms with van der Waals surface area (Å²) in [5.41, 5.74) is -1.14. The van der Waals surface area contributed by atoms with Crippen molar-refractivity contribution in [3.8, 4) is 0 Å². The fraction of sp³-hybridized carbons (Fsp3) is 0.857. The van der Waals surface area contributed by atoms with Crippen LogP contribution in [-0.2, 0) is 4.79 Å². The van der Waals surface area contributed by atoms with Crippen molar-refractivity contribution in [2.75, 3.05) is 6.54 Å². The van der Waals surface area contributed by atoms with Gasteiger partial charge in [0, 0.05) is 12.1 Å². The number of nitrogens with zero attached hydrogens (tertiary/aromatic N) is 1. The summed E-state index contributed by atoms with van der Waals surface area (Å²) < 4.78 is 0. The van der Waals surface area contributed by atoms with Crippen molar-refractivity contribution < 1.29 is 14.7 Å². The molecule has 2 fully saturated rings. The Labute approximate surface area is 114 Å². The molecule has 1 saturated heterocycles. The van der Waals surface area contributed by atoms with Gasteiger partial charge in [0.15, 0.2) is 0 Å². The van der Waals surface area contributed by atoms with Crippen LogP contribution in [0.15, 0.2) is 0 Å². The maximum absolute atomic E-state index is 12.4. The maximum atomic E-state index is 12.4. The van der Waals surface area contributed by atoms with Crippen LogP contribution in [0.2, 0.25) is 0 Å². The number of carbonyl (C=O) groups is 2. The van der Waals surface area contributed by atoms with Crippen LogP contribution >= 0.6 is 0 Å². The lowest BCUT2D eigenvalue weighted by molar-refractivity contribution is -0.150. The smallest absolute Gasteiger partial charge is 0.329 e. The zero-order valence-electron chi connectivity index (χ0n) is 11.9. The van der Waals surface area contributed by atoms with Crippen LogP contribution < -0.4 is 5.32 Å². The third-order valence-electron chi connectivity index (χ3n) is 4.96. The first-order valence-electron chi connectivity index (χ1n) is 7.27. The molecule has 108 valence electrons. The van der Waals surface area contributed by atoms with Gasteiger partial charge in [-0.2, -0.15) is 0 Å². The molecular weight excluding hydrogens is 244 g/mol. The highest BCUT2D eigenvalue weighted by Crippen LogP contribution is 2.36. The monoisotopic (exact) mass is 268 g/mol. The Morgan fingerprint density at radius 1 is 1.21 bits per heavy atom. The molecule has 2 N–H and O–H groups in total. The second-order valence-electron chi connectivity index (χ2n) is 6.11. The molecule has 0 bridgehead atoms. The van der Waals surface area contributed by atoms with E-state index >= 15 is 0 Å². The summed E-state index contributed by atoms with van der Waals surface area (Å²) in [5.74, 6) is -0.901. The second kappa shape index (κ2) is 5.02. The minimum atomic E-state index is -1.05. The van der Waals surface area contributed by atoms with Crippen molar-refractivity contribution in [1.29, 1.82) is 0 Å². The van der Waals surface area contributed by atoms with Crippen LogP contribution in [0, 0.1) is 0 Å². The first-order chi connectivity index (χ1) is 8.93. The van der Waals surface area contributed by atoms with Crippen LogP contribution in [0.1, 0.15) is 58.8 Å². The first kappa shape index (κ1) is 14.2. The highest BCUT2D eigenvalue weighted by atomic mass is 16.4. The van der Waals surface area contributed by atoms with Gasteiger partial charge in [-0.3, -0.25) is 0 Å². The number of hydrogen-bond acceptors (Lipinski definition) is 2. The molecule has 0 aromatic carbocycles. The molecule has 1 aliphatic carbocycles. The number of amides is 2. The van der Waals surface area contributed by atoms with E-state index in [1.54, 1.807) is 6.92 Å². The summed E-state index contributed by atoms with van der Waals surface area (Å²) in [5, 5.41) is 12.5. The second-order valence-corrected chi connectivity index (χ2v) is 6.11. The maximum Gasteiger partial charge on any atom is 0.329 e.